The minimum Gasteiger partial charge on any atom is -0.444 e. The molecule has 28 heavy (non-hydrogen) atoms. The van der Waals surface area contributed by atoms with Crippen molar-refractivity contribution in [2.45, 2.75) is 51.8 Å². The van der Waals surface area contributed by atoms with Gasteiger partial charge in [-0.15, -0.1) is 0 Å². The molecule has 1 amide bonds. The Bertz CT molecular complexity index is 817. The van der Waals surface area contributed by atoms with Crippen molar-refractivity contribution in [3.05, 3.63) is 71.0 Å². The first-order valence-corrected chi connectivity index (χ1v) is 9.73. The fourth-order valence-electron chi connectivity index (χ4n) is 3.72. The average Bonchev–Trinajstić information content (AvgIpc) is 2.98. The van der Waals surface area contributed by atoms with E-state index >= 15 is 0 Å². The summed E-state index contributed by atoms with van der Waals surface area (Å²) in [5, 5.41) is 2.98. The Morgan fingerprint density at radius 2 is 1.89 bits per heavy atom. The molecule has 0 aromatic heterocycles. The van der Waals surface area contributed by atoms with E-state index in [0.717, 1.165) is 12.1 Å². The zero-order chi connectivity index (χ0) is 20.3. The molecule has 1 saturated heterocycles. The number of halogens is 1. The third-order valence-electron chi connectivity index (χ3n) is 4.90. The molecule has 0 spiro atoms. The Hall–Kier alpha value is -2.40. The van der Waals surface area contributed by atoms with Gasteiger partial charge in [-0.25, -0.2) is 9.18 Å². The van der Waals surface area contributed by atoms with Crippen LogP contribution in [-0.4, -0.2) is 35.7 Å². The number of carbonyl (C=O) groups excluding carboxylic acids is 1. The van der Waals surface area contributed by atoms with Crippen LogP contribution >= 0.6 is 0 Å². The van der Waals surface area contributed by atoms with Crippen LogP contribution in [0.25, 0.3) is 0 Å². The number of ether oxygens (including phenoxy) is 1. The lowest BCUT2D eigenvalue weighted by Crippen LogP contribution is -2.42. The maximum Gasteiger partial charge on any atom is 0.407 e. The summed E-state index contributed by atoms with van der Waals surface area (Å²) < 4.78 is 20.0. The molecule has 1 aliphatic rings. The zero-order valence-electron chi connectivity index (χ0n) is 17.0. The topological polar surface area (TPSA) is 41.6 Å². The molecular weight excluding hydrogens is 355 g/mol. The van der Waals surface area contributed by atoms with Crippen LogP contribution in [0.3, 0.4) is 0 Å². The van der Waals surface area contributed by atoms with Crippen LogP contribution in [0.15, 0.2) is 48.5 Å². The van der Waals surface area contributed by atoms with E-state index in [1.807, 2.05) is 52.0 Å². The minimum absolute atomic E-state index is 0.129. The number of hydrogen-bond acceptors (Lipinski definition) is 3. The highest BCUT2D eigenvalue weighted by molar-refractivity contribution is 5.68. The van der Waals surface area contributed by atoms with E-state index in [9.17, 15) is 9.18 Å². The first kappa shape index (κ1) is 20.3. The molecule has 150 valence electrons. The highest BCUT2D eigenvalue weighted by Gasteiger charge is 2.37. The number of nitrogens with zero attached hydrogens (tertiary/aromatic N) is 1. The van der Waals surface area contributed by atoms with Crippen LogP contribution < -0.4 is 5.32 Å². The number of amides is 1. The van der Waals surface area contributed by atoms with Gasteiger partial charge in [0.2, 0.25) is 0 Å². The first-order valence-electron chi connectivity index (χ1n) is 9.73. The standard InChI is InChI=1S/C23H29FN2O2/c1-16-10-11-20(24)18(12-16)19-14-26(13-17-8-6-5-7-9-17)15-21(19)25-22(27)28-23(2,3)4/h5-12,19,21H,13-15H2,1-4H3,(H,25,27)/t19-,21+/m0/s1. The van der Waals surface area contributed by atoms with E-state index in [1.165, 1.54) is 11.6 Å². The number of alkyl carbamates (subject to hydrolysis) is 1. The molecule has 3 rings (SSSR count). The lowest BCUT2D eigenvalue weighted by atomic mass is 9.92. The van der Waals surface area contributed by atoms with Gasteiger partial charge in [0.1, 0.15) is 11.4 Å². The summed E-state index contributed by atoms with van der Waals surface area (Å²) in [4.78, 5) is 14.6. The second-order valence-electron chi connectivity index (χ2n) is 8.56. The maximum absolute atomic E-state index is 14.6. The smallest absolute Gasteiger partial charge is 0.407 e. The van der Waals surface area contributed by atoms with Gasteiger partial charge in [0.05, 0.1) is 6.04 Å². The summed E-state index contributed by atoms with van der Waals surface area (Å²) in [6.45, 7) is 9.54. The van der Waals surface area contributed by atoms with Gasteiger partial charge >= 0.3 is 6.09 Å². The molecule has 4 nitrogen and oxygen atoms in total. The molecule has 2 aromatic rings. The van der Waals surface area contributed by atoms with E-state index in [1.54, 1.807) is 6.07 Å². The van der Waals surface area contributed by atoms with Gasteiger partial charge in [0.25, 0.3) is 0 Å². The summed E-state index contributed by atoms with van der Waals surface area (Å²) in [7, 11) is 0. The van der Waals surface area contributed by atoms with Gasteiger partial charge in [-0.05, 0) is 44.9 Å². The van der Waals surface area contributed by atoms with Gasteiger partial charge in [0, 0.05) is 25.6 Å². The van der Waals surface area contributed by atoms with E-state index in [0.29, 0.717) is 18.7 Å². The Balaban J connectivity index is 1.80. The van der Waals surface area contributed by atoms with Crippen molar-refractivity contribution in [1.82, 2.24) is 10.2 Å². The highest BCUT2D eigenvalue weighted by Crippen LogP contribution is 2.31. The summed E-state index contributed by atoms with van der Waals surface area (Å²) >= 11 is 0. The number of aryl methyl sites for hydroxylation is 1. The Labute approximate surface area is 166 Å². The molecule has 1 fully saturated rings. The Morgan fingerprint density at radius 1 is 1.18 bits per heavy atom. The molecule has 0 aliphatic carbocycles. The van der Waals surface area contributed by atoms with E-state index in [2.05, 4.69) is 22.3 Å². The Kier molecular flexibility index (Phi) is 6.04. The highest BCUT2D eigenvalue weighted by atomic mass is 19.1. The third-order valence-corrected chi connectivity index (χ3v) is 4.90. The first-order chi connectivity index (χ1) is 13.2. The zero-order valence-corrected chi connectivity index (χ0v) is 17.0. The number of benzene rings is 2. The van der Waals surface area contributed by atoms with Crippen molar-refractivity contribution >= 4 is 6.09 Å². The second-order valence-corrected chi connectivity index (χ2v) is 8.56. The lowest BCUT2D eigenvalue weighted by Gasteiger charge is -2.24. The largest absolute Gasteiger partial charge is 0.444 e. The van der Waals surface area contributed by atoms with Crippen molar-refractivity contribution < 1.29 is 13.9 Å². The van der Waals surface area contributed by atoms with Gasteiger partial charge in [-0.1, -0.05) is 48.0 Å². The van der Waals surface area contributed by atoms with Crippen LogP contribution in [0.4, 0.5) is 9.18 Å². The summed E-state index contributed by atoms with van der Waals surface area (Å²) in [6, 6.07) is 15.1. The number of rotatable bonds is 4. The summed E-state index contributed by atoms with van der Waals surface area (Å²) in [6.07, 6.45) is -0.461. The molecule has 2 atom stereocenters. The second kappa shape index (κ2) is 8.31. The summed E-state index contributed by atoms with van der Waals surface area (Å²) in [5.41, 5.74) is 2.28. The van der Waals surface area contributed by atoms with Gasteiger partial charge < -0.3 is 10.1 Å². The van der Waals surface area contributed by atoms with E-state index in [4.69, 9.17) is 4.74 Å². The molecule has 2 aromatic carbocycles. The van der Waals surface area contributed by atoms with Crippen molar-refractivity contribution in [1.29, 1.82) is 0 Å². The predicted octanol–water partition coefficient (Wildman–Crippen LogP) is 4.63. The fourth-order valence-corrected chi connectivity index (χ4v) is 3.72. The van der Waals surface area contributed by atoms with Crippen LogP contribution in [0, 0.1) is 12.7 Å². The number of nitrogens with one attached hydrogen (secondary N) is 1. The van der Waals surface area contributed by atoms with E-state index < -0.39 is 11.7 Å². The minimum atomic E-state index is -0.573. The number of carbonyl (C=O) groups is 1. The van der Waals surface area contributed by atoms with Crippen molar-refractivity contribution in [2.24, 2.45) is 0 Å². The molecule has 1 N–H and O–H groups in total. The normalized spacial score (nSPS) is 20.2. The van der Waals surface area contributed by atoms with Crippen LogP contribution in [0.1, 0.15) is 43.4 Å². The monoisotopic (exact) mass is 384 g/mol. The quantitative estimate of drug-likeness (QED) is 0.836. The van der Waals surface area contributed by atoms with Crippen LogP contribution in [0.5, 0.6) is 0 Å². The molecule has 0 radical (unpaired) electrons. The molecule has 5 heteroatoms. The van der Waals surface area contributed by atoms with Gasteiger partial charge in [-0.3, -0.25) is 4.90 Å². The number of likely N-dealkylation sites (tertiary alicyclic amines) is 1. The molecule has 1 aliphatic heterocycles. The predicted molar refractivity (Wildman–Crippen MR) is 109 cm³/mol. The number of hydrogen-bond donors (Lipinski definition) is 1. The van der Waals surface area contributed by atoms with Crippen molar-refractivity contribution in [2.75, 3.05) is 13.1 Å². The van der Waals surface area contributed by atoms with Crippen molar-refractivity contribution in [3.8, 4) is 0 Å². The Morgan fingerprint density at radius 3 is 2.57 bits per heavy atom. The van der Waals surface area contributed by atoms with Crippen LogP contribution in [-0.2, 0) is 11.3 Å². The fraction of sp³-hybridized carbons (Fsp3) is 0.435. The SMILES string of the molecule is Cc1ccc(F)c([C@@H]2CN(Cc3ccccc3)C[C@H]2NC(=O)OC(C)(C)C)c1. The van der Waals surface area contributed by atoms with Crippen LogP contribution in [0.2, 0.25) is 0 Å². The molecule has 1 heterocycles. The molecular formula is C23H29FN2O2. The molecule has 0 bridgehead atoms. The average molecular weight is 384 g/mol. The van der Waals surface area contributed by atoms with Crippen molar-refractivity contribution in [3.63, 3.8) is 0 Å². The van der Waals surface area contributed by atoms with E-state index in [-0.39, 0.29) is 17.8 Å². The summed E-state index contributed by atoms with van der Waals surface area (Å²) in [5.74, 6) is -0.357. The maximum atomic E-state index is 14.6. The molecule has 0 saturated carbocycles. The molecule has 0 unspecified atom stereocenters. The van der Waals surface area contributed by atoms with Gasteiger partial charge in [0.15, 0.2) is 0 Å². The van der Waals surface area contributed by atoms with Gasteiger partial charge in [-0.2, -0.15) is 0 Å². The lowest BCUT2D eigenvalue weighted by molar-refractivity contribution is 0.0502. The third kappa shape index (κ3) is 5.32.